The minimum Gasteiger partial charge on any atom is -0.486 e. The van der Waals surface area contributed by atoms with E-state index in [1.807, 2.05) is 36.5 Å². The van der Waals surface area contributed by atoms with Crippen molar-refractivity contribution in [3.8, 4) is 17.3 Å². The van der Waals surface area contributed by atoms with Crippen molar-refractivity contribution in [2.45, 2.75) is 0 Å². The van der Waals surface area contributed by atoms with Crippen LogP contribution in [0.3, 0.4) is 0 Å². The van der Waals surface area contributed by atoms with Crippen molar-refractivity contribution in [3.05, 3.63) is 78.9 Å². The van der Waals surface area contributed by atoms with Gasteiger partial charge in [0.25, 0.3) is 5.91 Å². The van der Waals surface area contributed by atoms with Gasteiger partial charge in [-0.3, -0.25) is 4.79 Å². The van der Waals surface area contributed by atoms with E-state index < -0.39 is 0 Å². The first-order valence-electron chi connectivity index (χ1n) is 9.65. The highest BCUT2D eigenvalue weighted by molar-refractivity contribution is 6.06. The summed E-state index contributed by atoms with van der Waals surface area (Å²) < 4.78 is 12.8. The Labute approximate surface area is 177 Å². The maximum atomic E-state index is 12.7. The lowest BCUT2D eigenvalue weighted by molar-refractivity contribution is 0.101. The van der Waals surface area contributed by atoms with Gasteiger partial charge in [-0.05, 0) is 42.5 Å². The van der Waals surface area contributed by atoms with E-state index in [-0.39, 0.29) is 5.91 Å². The van der Waals surface area contributed by atoms with Gasteiger partial charge in [-0.15, -0.1) is 0 Å². The van der Waals surface area contributed by atoms with Crippen LogP contribution in [0.25, 0.3) is 5.82 Å². The van der Waals surface area contributed by atoms with Gasteiger partial charge in [0.2, 0.25) is 0 Å². The van der Waals surface area contributed by atoms with E-state index in [0.29, 0.717) is 47.6 Å². The maximum absolute atomic E-state index is 12.7. The normalized spacial score (nSPS) is 12.3. The van der Waals surface area contributed by atoms with Gasteiger partial charge in [-0.25, -0.2) is 14.6 Å². The molecule has 2 aromatic heterocycles. The van der Waals surface area contributed by atoms with Crippen LogP contribution in [-0.2, 0) is 0 Å². The number of rotatable bonds is 5. The second kappa shape index (κ2) is 8.15. The zero-order chi connectivity index (χ0) is 21.0. The summed E-state index contributed by atoms with van der Waals surface area (Å²) in [5, 5.41) is 10.3. The molecule has 0 atom stereocenters. The zero-order valence-corrected chi connectivity index (χ0v) is 16.4. The topological polar surface area (TPSA) is 103 Å². The third-order valence-corrected chi connectivity index (χ3v) is 4.62. The van der Waals surface area contributed by atoms with Gasteiger partial charge < -0.3 is 20.1 Å². The number of benzene rings is 2. The van der Waals surface area contributed by atoms with Crippen LogP contribution in [0.4, 0.5) is 17.2 Å². The van der Waals surface area contributed by atoms with E-state index in [9.17, 15) is 4.79 Å². The molecule has 0 fully saturated rings. The molecule has 1 amide bonds. The molecule has 0 radical (unpaired) electrons. The number of amides is 1. The number of nitrogens with zero attached hydrogens (tertiary/aromatic N) is 4. The highest BCUT2D eigenvalue weighted by atomic mass is 16.6. The number of hydrogen-bond donors (Lipinski definition) is 2. The van der Waals surface area contributed by atoms with Crippen molar-refractivity contribution < 1.29 is 14.3 Å². The minimum absolute atomic E-state index is 0.261. The number of carbonyl (C=O) groups excluding carboxylic acids is 1. The van der Waals surface area contributed by atoms with E-state index in [1.165, 1.54) is 6.33 Å². The smallest absolute Gasteiger partial charge is 0.259 e. The summed E-state index contributed by atoms with van der Waals surface area (Å²) in [5.74, 6) is 2.08. The van der Waals surface area contributed by atoms with Crippen molar-refractivity contribution >= 4 is 23.1 Å². The SMILES string of the molecule is O=C(Nc1ccc(Nc2cc(-n3cccn3)ncn2)cc1)c1cccc2c1OCCO2. The number of anilines is 3. The molecule has 0 spiro atoms. The van der Waals surface area contributed by atoms with Crippen LogP contribution >= 0.6 is 0 Å². The predicted molar refractivity (Wildman–Crippen MR) is 114 cm³/mol. The van der Waals surface area contributed by atoms with Crippen LogP contribution in [0.2, 0.25) is 0 Å². The van der Waals surface area contributed by atoms with Crippen molar-refractivity contribution in [1.82, 2.24) is 19.7 Å². The third kappa shape index (κ3) is 4.01. The van der Waals surface area contributed by atoms with Gasteiger partial charge in [0, 0.05) is 29.8 Å². The molecule has 4 aromatic rings. The fraction of sp³-hybridized carbons (Fsp3) is 0.0909. The Morgan fingerprint density at radius 2 is 1.81 bits per heavy atom. The van der Waals surface area contributed by atoms with Gasteiger partial charge in [-0.2, -0.15) is 5.10 Å². The van der Waals surface area contributed by atoms with Crippen molar-refractivity contribution in [2.24, 2.45) is 0 Å². The summed E-state index contributed by atoms with van der Waals surface area (Å²) >= 11 is 0. The highest BCUT2D eigenvalue weighted by Crippen LogP contribution is 2.34. The molecule has 154 valence electrons. The van der Waals surface area contributed by atoms with Crippen LogP contribution in [0.15, 0.2) is 73.3 Å². The van der Waals surface area contributed by atoms with Crippen molar-refractivity contribution in [3.63, 3.8) is 0 Å². The van der Waals surface area contributed by atoms with E-state index in [1.54, 1.807) is 35.1 Å². The molecule has 0 saturated carbocycles. The molecule has 9 heteroatoms. The number of nitrogens with one attached hydrogen (secondary N) is 2. The number of fused-ring (bicyclic) bond motifs is 1. The monoisotopic (exact) mass is 414 g/mol. The second-order valence-corrected chi connectivity index (χ2v) is 6.70. The zero-order valence-electron chi connectivity index (χ0n) is 16.4. The van der Waals surface area contributed by atoms with E-state index in [2.05, 4.69) is 25.7 Å². The molecule has 0 unspecified atom stereocenters. The number of carbonyl (C=O) groups is 1. The van der Waals surface area contributed by atoms with Gasteiger partial charge in [0.05, 0.1) is 5.56 Å². The molecular formula is C22H18N6O3. The molecule has 2 N–H and O–H groups in total. The fourth-order valence-corrected chi connectivity index (χ4v) is 3.18. The summed E-state index contributed by atoms with van der Waals surface area (Å²) in [7, 11) is 0. The number of ether oxygens (including phenoxy) is 2. The van der Waals surface area contributed by atoms with Gasteiger partial charge in [-0.1, -0.05) is 6.07 Å². The average Bonchev–Trinajstić information content (AvgIpc) is 3.35. The molecule has 5 rings (SSSR count). The van der Waals surface area contributed by atoms with Crippen LogP contribution in [0, 0.1) is 0 Å². The van der Waals surface area contributed by atoms with E-state index >= 15 is 0 Å². The minimum atomic E-state index is -0.261. The first-order valence-corrected chi connectivity index (χ1v) is 9.65. The quantitative estimate of drug-likeness (QED) is 0.516. The predicted octanol–water partition coefficient (Wildman–Crippen LogP) is 3.43. The first-order chi connectivity index (χ1) is 15.3. The molecule has 2 aromatic carbocycles. The van der Waals surface area contributed by atoms with Crippen molar-refractivity contribution in [2.75, 3.05) is 23.8 Å². The molecule has 3 heterocycles. The Morgan fingerprint density at radius 1 is 0.968 bits per heavy atom. The van der Waals surface area contributed by atoms with Gasteiger partial charge in [0.15, 0.2) is 17.3 Å². The Kier molecular flexibility index (Phi) is 4.89. The Bertz CT molecular complexity index is 1210. The molecule has 0 aliphatic carbocycles. The third-order valence-electron chi connectivity index (χ3n) is 4.62. The largest absolute Gasteiger partial charge is 0.486 e. The number of hydrogen-bond acceptors (Lipinski definition) is 7. The van der Waals surface area contributed by atoms with Crippen molar-refractivity contribution in [1.29, 1.82) is 0 Å². The van der Waals surface area contributed by atoms with Crippen LogP contribution < -0.4 is 20.1 Å². The lowest BCUT2D eigenvalue weighted by Crippen LogP contribution is -2.20. The summed E-state index contributed by atoms with van der Waals surface area (Å²) in [6.45, 7) is 0.894. The Morgan fingerprint density at radius 3 is 2.65 bits per heavy atom. The number of aromatic nitrogens is 4. The summed E-state index contributed by atoms with van der Waals surface area (Å²) in [6.07, 6.45) is 4.97. The maximum Gasteiger partial charge on any atom is 0.259 e. The lowest BCUT2D eigenvalue weighted by atomic mass is 10.1. The molecule has 1 aliphatic rings. The van der Waals surface area contributed by atoms with Gasteiger partial charge >= 0.3 is 0 Å². The lowest BCUT2D eigenvalue weighted by Gasteiger charge is -2.20. The first kappa shape index (κ1) is 18.6. The molecule has 31 heavy (non-hydrogen) atoms. The molecule has 1 aliphatic heterocycles. The second-order valence-electron chi connectivity index (χ2n) is 6.70. The highest BCUT2D eigenvalue weighted by Gasteiger charge is 2.20. The van der Waals surface area contributed by atoms with Gasteiger partial charge in [0.1, 0.15) is 25.4 Å². The van der Waals surface area contributed by atoms with Crippen LogP contribution in [-0.4, -0.2) is 38.9 Å². The fourth-order valence-electron chi connectivity index (χ4n) is 3.18. The Balaban J connectivity index is 1.28. The summed E-state index contributed by atoms with van der Waals surface area (Å²) in [5.41, 5.74) is 1.91. The molecule has 0 bridgehead atoms. The average molecular weight is 414 g/mol. The number of para-hydroxylation sites is 1. The molecular weight excluding hydrogens is 396 g/mol. The van der Waals surface area contributed by atoms with Crippen LogP contribution in [0.1, 0.15) is 10.4 Å². The summed E-state index contributed by atoms with van der Waals surface area (Å²) in [4.78, 5) is 21.2. The van der Waals surface area contributed by atoms with E-state index in [4.69, 9.17) is 9.47 Å². The van der Waals surface area contributed by atoms with E-state index in [0.717, 1.165) is 5.69 Å². The van der Waals surface area contributed by atoms with Crippen LogP contribution in [0.5, 0.6) is 11.5 Å². The molecule has 9 nitrogen and oxygen atoms in total. The summed E-state index contributed by atoms with van der Waals surface area (Å²) in [6, 6.07) is 16.2. The standard InChI is InChI=1S/C22H18N6O3/c29-22(17-3-1-4-18-21(17)31-12-11-30-18)27-16-7-5-15(6-8-16)26-19-13-20(24-14-23-19)28-10-2-9-25-28/h1-10,13-14H,11-12H2,(H,27,29)(H,23,24,26). The Hall–Kier alpha value is -4.40. The molecule has 0 saturated heterocycles.